The quantitative estimate of drug-likeness (QED) is 0.864. The lowest BCUT2D eigenvalue weighted by molar-refractivity contribution is 0.702. The standard InChI is InChI=1S/C9H12BrN3S/c10-8-4-7(6-14-8)5-13-9-11-2-1-3-12-9/h4,6H,1-3,5H2,(H2,11,12,13). The number of hydrogen-bond donors (Lipinski definition) is 2. The number of rotatable bonds is 2. The highest BCUT2D eigenvalue weighted by Crippen LogP contribution is 2.20. The van der Waals surface area contributed by atoms with E-state index in [2.05, 4.69) is 43.0 Å². The van der Waals surface area contributed by atoms with Gasteiger partial charge in [-0.2, -0.15) is 0 Å². The Balaban J connectivity index is 1.84. The van der Waals surface area contributed by atoms with Crippen molar-refractivity contribution in [2.75, 3.05) is 13.1 Å². The minimum Gasteiger partial charge on any atom is -0.356 e. The molecule has 0 spiro atoms. The lowest BCUT2D eigenvalue weighted by atomic mass is 10.3. The average molecular weight is 274 g/mol. The first kappa shape index (κ1) is 9.98. The van der Waals surface area contributed by atoms with Gasteiger partial charge in [0.15, 0.2) is 5.96 Å². The van der Waals surface area contributed by atoms with Crippen LogP contribution in [0.5, 0.6) is 0 Å². The molecule has 1 aliphatic heterocycles. The third-order valence-electron chi connectivity index (χ3n) is 1.98. The number of aliphatic imine (C=N–C) groups is 1. The Morgan fingerprint density at radius 1 is 1.64 bits per heavy atom. The van der Waals surface area contributed by atoms with E-state index in [1.165, 1.54) is 9.35 Å². The molecule has 0 atom stereocenters. The number of hydrogen-bond acceptors (Lipinski definition) is 4. The Morgan fingerprint density at radius 2 is 2.57 bits per heavy atom. The predicted molar refractivity (Wildman–Crippen MR) is 63.8 cm³/mol. The summed E-state index contributed by atoms with van der Waals surface area (Å²) < 4.78 is 1.17. The van der Waals surface area contributed by atoms with Crippen LogP contribution >= 0.6 is 27.3 Å². The fourth-order valence-corrected chi connectivity index (χ4v) is 2.48. The molecule has 0 saturated heterocycles. The molecule has 0 aromatic carbocycles. The fraction of sp³-hybridized carbons (Fsp3) is 0.444. The van der Waals surface area contributed by atoms with E-state index in [9.17, 15) is 0 Å². The van der Waals surface area contributed by atoms with Crippen LogP contribution < -0.4 is 10.6 Å². The van der Waals surface area contributed by atoms with Crippen LogP contribution in [-0.2, 0) is 6.54 Å². The SMILES string of the molecule is Brc1cc(CNC2=NCCCN2)cs1. The molecular formula is C9H12BrN3S. The van der Waals surface area contributed by atoms with Crippen LogP contribution in [0.25, 0.3) is 0 Å². The minimum atomic E-state index is 0.841. The van der Waals surface area contributed by atoms with E-state index in [-0.39, 0.29) is 0 Å². The second-order valence-corrected chi connectivity index (χ2v) is 5.41. The summed E-state index contributed by atoms with van der Waals surface area (Å²) in [4.78, 5) is 4.34. The molecule has 0 radical (unpaired) electrons. The number of nitrogens with one attached hydrogen (secondary N) is 2. The molecule has 0 bridgehead atoms. The van der Waals surface area contributed by atoms with Gasteiger partial charge in [-0.3, -0.25) is 4.99 Å². The highest BCUT2D eigenvalue weighted by Gasteiger charge is 2.03. The summed E-state index contributed by atoms with van der Waals surface area (Å²) in [5.41, 5.74) is 1.29. The second kappa shape index (κ2) is 4.79. The Morgan fingerprint density at radius 3 is 3.21 bits per heavy atom. The molecule has 1 aromatic rings. The van der Waals surface area contributed by atoms with Gasteiger partial charge in [0, 0.05) is 19.6 Å². The van der Waals surface area contributed by atoms with E-state index in [4.69, 9.17) is 0 Å². The minimum absolute atomic E-state index is 0.841. The topological polar surface area (TPSA) is 36.4 Å². The Hall–Kier alpha value is -0.550. The molecule has 1 aliphatic rings. The molecule has 0 saturated carbocycles. The first-order valence-electron chi connectivity index (χ1n) is 4.60. The zero-order chi connectivity index (χ0) is 9.80. The third kappa shape index (κ3) is 2.72. The molecular weight excluding hydrogens is 262 g/mol. The second-order valence-electron chi connectivity index (χ2n) is 3.12. The zero-order valence-corrected chi connectivity index (χ0v) is 10.1. The van der Waals surface area contributed by atoms with Crippen LogP contribution in [0.15, 0.2) is 20.2 Å². The molecule has 2 rings (SSSR count). The zero-order valence-electron chi connectivity index (χ0n) is 7.72. The van der Waals surface area contributed by atoms with Crippen LogP contribution in [0.1, 0.15) is 12.0 Å². The molecule has 2 heterocycles. The van der Waals surface area contributed by atoms with E-state index in [0.717, 1.165) is 32.0 Å². The smallest absolute Gasteiger partial charge is 0.191 e. The van der Waals surface area contributed by atoms with Crippen molar-refractivity contribution in [2.45, 2.75) is 13.0 Å². The summed E-state index contributed by atoms with van der Waals surface area (Å²) in [5, 5.41) is 8.64. The number of halogens is 1. The number of guanidine groups is 1. The Labute approximate surface area is 95.8 Å². The summed E-state index contributed by atoms with van der Waals surface area (Å²) in [6.45, 7) is 2.80. The number of nitrogens with zero attached hydrogens (tertiary/aromatic N) is 1. The fourth-order valence-electron chi connectivity index (χ4n) is 1.28. The summed E-state index contributed by atoms with van der Waals surface area (Å²) in [6, 6.07) is 2.13. The van der Waals surface area contributed by atoms with Gasteiger partial charge in [-0.25, -0.2) is 0 Å². The highest BCUT2D eigenvalue weighted by atomic mass is 79.9. The largest absolute Gasteiger partial charge is 0.356 e. The van der Waals surface area contributed by atoms with Crippen molar-refractivity contribution in [2.24, 2.45) is 4.99 Å². The molecule has 0 aliphatic carbocycles. The molecule has 76 valence electrons. The van der Waals surface area contributed by atoms with Gasteiger partial charge in [0.05, 0.1) is 3.79 Å². The van der Waals surface area contributed by atoms with E-state index >= 15 is 0 Å². The van der Waals surface area contributed by atoms with Crippen LogP contribution in [0.4, 0.5) is 0 Å². The maximum Gasteiger partial charge on any atom is 0.191 e. The molecule has 0 fully saturated rings. The maximum atomic E-state index is 4.34. The predicted octanol–water partition coefficient (Wildman–Crippen LogP) is 1.95. The van der Waals surface area contributed by atoms with Crippen molar-refractivity contribution in [3.05, 3.63) is 20.8 Å². The molecule has 2 N–H and O–H groups in total. The first-order valence-corrected chi connectivity index (χ1v) is 6.27. The third-order valence-corrected chi connectivity index (χ3v) is 3.53. The van der Waals surface area contributed by atoms with Gasteiger partial charge < -0.3 is 10.6 Å². The summed E-state index contributed by atoms with van der Waals surface area (Å²) in [6.07, 6.45) is 1.13. The van der Waals surface area contributed by atoms with Crippen molar-refractivity contribution in [1.29, 1.82) is 0 Å². The lowest BCUT2D eigenvalue weighted by Gasteiger charge is -2.15. The van der Waals surface area contributed by atoms with Crippen molar-refractivity contribution in [1.82, 2.24) is 10.6 Å². The highest BCUT2D eigenvalue weighted by molar-refractivity contribution is 9.11. The van der Waals surface area contributed by atoms with Gasteiger partial charge >= 0.3 is 0 Å². The lowest BCUT2D eigenvalue weighted by Crippen LogP contribution is -2.40. The normalized spacial score (nSPS) is 15.9. The Bertz CT molecular complexity index is 335. The Kier molecular flexibility index (Phi) is 3.42. The monoisotopic (exact) mass is 273 g/mol. The van der Waals surface area contributed by atoms with Crippen LogP contribution in [0.3, 0.4) is 0 Å². The summed E-state index contributed by atoms with van der Waals surface area (Å²) in [7, 11) is 0. The van der Waals surface area contributed by atoms with Gasteiger partial charge in [-0.15, -0.1) is 11.3 Å². The molecule has 14 heavy (non-hydrogen) atoms. The van der Waals surface area contributed by atoms with Gasteiger partial charge in [0.2, 0.25) is 0 Å². The number of thiophene rings is 1. The van der Waals surface area contributed by atoms with Gasteiger partial charge in [0.25, 0.3) is 0 Å². The first-order chi connectivity index (χ1) is 6.84. The summed E-state index contributed by atoms with van der Waals surface area (Å²) >= 11 is 5.15. The molecule has 5 heteroatoms. The van der Waals surface area contributed by atoms with Crippen molar-refractivity contribution < 1.29 is 0 Å². The molecule has 0 unspecified atom stereocenters. The molecule has 0 amide bonds. The van der Waals surface area contributed by atoms with Gasteiger partial charge in [-0.1, -0.05) is 0 Å². The van der Waals surface area contributed by atoms with Crippen molar-refractivity contribution in [3.63, 3.8) is 0 Å². The van der Waals surface area contributed by atoms with Crippen LogP contribution in [-0.4, -0.2) is 19.0 Å². The van der Waals surface area contributed by atoms with Gasteiger partial charge in [-0.05, 0) is 39.4 Å². The molecule has 1 aromatic heterocycles. The van der Waals surface area contributed by atoms with E-state index in [0.29, 0.717) is 0 Å². The van der Waals surface area contributed by atoms with Crippen LogP contribution in [0.2, 0.25) is 0 Å². The van der Waals surface area contributed by atoms with E-state index < -0.39 is 0 Å². The van der Waals surface area contributed by atoms with E-state index in [1.807, 2.05) is 0 Å². The average Bonchev–Trinajstić information content (AvgIpc) is 2.63. The van der Waals surface area contributed by atoms with Gasteiger partial charge in [0.1, 0.15) is 0 Å². The summed E-state index contributed by atoms with van der Waals surface area (Å²) in [5.74, 6) is 0.929. The van der Waals surface area contributed by atoms with Crippen molar-refractivity contribution >= 4 is 33.2 Å². The van der Waals surface area contributed by atoms with Crippen molar-refractivity contribution in [3.8, 4) is 0 Å². The van der Waals surface area contributed by atoms with E-state index in [1.54, 1.807) is 11.3 Å². The molecule has 3 nitrogen and oxygen atoms in total. The maximum absolute atomic E-state index is 4.34. The van der Waals surface area contributed by atoms with Crippen LogP contribution in [0, 0.1) is 0 Å².